The first-order chi connectivity index (χ1) is 27.8. The molecule has 11 rings (SSSR count). The van der Waals surface area contributed by atoms with E-state index < -0.39 is 0 Å². The van der Waals surface area contributed by atoms with Crippen LogP contribution in [0.2, 0.25) is 0 Å². The highest BCUT2D eigenvalue weighted by Gasteiger charge is 2.25. The van der Waals surface area contributed by atoms with Crippen LogP contribution in [0.25, 0.3) is 85.9 Å². The number of thiophene rings is 1. The van der Waals surface area contributed by atoms with Crippen LogP contribution in [0.15, 0.2) is 212 Å². The Kier molecular flexibility index (Phi) is 7.75. The van der Waals surface area contributed by atoms with Crippen LogP contribution in [0.1, 0.15) is 0 Å². The van der Waals surface area contributed by atoms with Gasteiger partial charge >= 0.3 is 0 Å². The molecule has 0 atom stereocenters. The van der Waals surface area contributed by atoms with Gasteiger partial charge in [-0.1, -0.05) is 170 Å². The quantitative estimate of drug-likeness (QED) is 0.154. The van der Waals surface area contributed by atoms with Gasteiger partial charge in [0.1, 0.15) is 0 Å². The molecule has 1 nitrogen and oxygen atoms in total. The van der Waals surface area contributed by atoms with Crippen LogP contribution < -0.4 is 4.90 Å². The average molecular weight is 730 g/mol. The minimum absolute atomic E-state index is 1.10. The van der Waals surface area contributed by atoms with Crippen LogP contribution in [0.4, 0.5) is 17.1 Å². The van der Waals surface area contributed by atoms with E-state index in [4.69, 9.17) is 0 Å². The van der Waals surface area contributed by atoms with Gasteiger partial charge in [0.05, 0.1) is 5.69 Å². The van der Waals surface area contributed by atoms with Crippen molar-refractivity contribution in [3.05, 3.63) is 212 Å². The smallest absolute Gasteiger partial charge is 0.0624 e. The van der Waals surface area contributed by atoms with Gasteiger partial charge in [-0.25, -0.2) is 0 Å². The van der Waals surface area contributed by atoms with Crippen molar-refractivity contribution in [1.29, 1.82) is 0 Å². The Morgan fingerprint density at radius 3 is 1.62 bits per heavy atom. The van der Waals surface area contributed by atoms with Crippen molar-refractivity contribution in [2.24, 2.45) is 0 Å². The third-order valence-electron chi connectivity index (χ3n) is 11.2. The number of hydrogen-bond donors (Lipinski definition) is 0. The fraction of sp³-hybridized carbons (Fsp3) is 0. The lowest BCUT2D eigenvalue weighted by molar-refractivity contribution is 1.31. The van der Waals surface area contributed by atoms with Gasteiger partial charge in [-0.15, -0.1) is 11.3 Å². The maximum absolute atomic E-state index is 2.53. The highest BCUT2D eigenvalue weighted by molar-refractivity contribution is 7.25. The first-order valence-electron chi connectivity index (χ1n) is 19.2. The first-order valence-corrected chi connectivity index (χ1v) is 20.0. The highest BCUT2D eigenvalue weighted by atomic mass is 32.1. The summed E-state index contributed by atoms with van der Waals surface area (Å²) in [5.41, 5.74) is 10.6. The predicted octanol–water partition coefficient (Wildman–Crippen LogP) is 16.0. The standard InChI is InChI=1S/C54H35NS/c1-3-16-37(17-4-1)43-31-29-41(34-49(43)38-18-5-2-6-19-38)55(42-30-32-52-50(35-42)46-23-13-14-26-51(46)56-52)54-48-25-12-10-22-45(48)44-21-9-11-24-47(44)53(54)40-28-27-36-15-7-8-20-39(36)33-40/h1-35H. The zero-order valence-electron chi connectivity index (χ0n) is 30.6. The van der Waals surface area contributed by atoms with Crippen molar-refractivity contribution in [1.82, 2.24) is 0 Å². The molecule has 1 aromatic heterocycles. The van der Waals surface area contributed by atoms with E-state index in [0.717, 1.165) is 11.4 Å². The van der Waals surface area contributed by atoms with Crippen molar-refractivity contribution in [2.45, 2.75) is 0 Å². The maximum atomic E-state index is 2.53. The van der Waals surface area contributed by atoms with Crippen LogP contribution in [-0.2, 0) is 0 Å². The number of fused-ring (bicyclic) bond motifs is 7. The lowest BCUT2D eigenvalue weighted by Crippen LogP contribution is -2.12. The third-order valence-corrected chi connectivity index (χ3v) is 12.4. The van der Waals surface area contributed by atoms with Gasteiger partial charge in [0.25, 0.3) is 0 Å². The summed E-state index contributed by atoms with van der Waals surface area (Å²) in [6.07, 6.45) is 0. The Labute approximate surface area is 330 Å². The third kappa shape index (κ3) is 5.38. The molecule has 2 heteroatoms. The van der Waals surface area contributed by atoms with E-state index in [1.54, 1.807) is 0 Å². The number of nitrogens with zero attached hydrogens (tertiary/aromatic N) is 1. The van der Waals surface area contributed by atoms with E-state index in [1.165, 1.54) is 91.6 Å². The van der Waals surface area contributed by atoms with Gasteiger partial charge in [0.15, 0.2) is 0 Å². The molecule has 0 spiro atoms. The van der Waals surface area contributed by atoms with E-state index >= 15 is 0 Å². The molecule has 0 N–H and O–H groups in total. The molecule has 0 amide bonds. The first kappa shape index (κ1) is 32.4. The van der Waals surface area contributed by atoms with Crippen LogP contribution in [-0.4, -0.2) is 0 Å². The predicted molar refractivity (Wildman–Crippen MR) is 243 cm³/mol. The minimum atomic E-state index is 1.10. The van der Waals surface area contributed by atoms with Gasteiger partial charge in [-0.2, -0.15) is 0 Å². The molecule has 262 valence electrons. The van der Waals surface area contributed by atoms with E-state index in [9.17, 15) is 0 Å². The second kappa shape index (κ2) is 13.4. The van der Waals surface area contributed by atoms with Crippen molar-refractivity contribution < 1.29 is 0 Å². The zero-order chi connectivity index (χ0) is 37.0. The van der Waals surface area contributed by atoms with Crippen LogP contribution in [0, 0.1) is 0 Å². The van der Waals surface area contributed by atoms with E-state index in [-0.39, 0.29) is 0 Å². The van der Waals surface area contributed by atoms with Gasteiger partial charge in [-0.3, -0.25) is 0 Å². The normalized spacial score (nSPS) is 11.6. The Morgan fingerprint density at radius 2 is 0.857 bits per heavy atom. The van der Waals surface area contributed by atoms with Crippen molar-refractivity contribution >= 4 is 80.9 Å². The van der Waals surface area contributed by atoms with Crippen molar-refractivity contribution in [3.8, 4) is 33.4 Å². The summed E-state index contributed by atoms with van der Waals surface area (Å²) in [5, 5.41) is 9.94. The highest BCUT2D eigenvalue weighted by Crippen LogP contribution is 2.51. The molecule has 0 radical (unpaired) electrons. The molecule has 0 aliphatic heterocycles. The molecular weight excluding hydrogens is 695 g/mol. The summed E-state index contributed by atoms with van der Waals surface area (Å²) in [7, 11) is 0. The van der Waals surface area contributed by atoms with Gasteiger partial charge < -0.3 is 4.90 Å². The van der Waals surface area contributed by atoms with Crippen LogP contribution >= 0.6 is 11.3 Å². The average Bonchev–Trinajstić information content (AvgIpc) is 3.65. The van der Waals surface area contributed by atoms with Crippen molar-refractivity contribution in [3.63, 3.8) is 0 Å². The van der Waals surface area contributed by atoms with E-state index in [1.807, 2.05) is 11.3 Å². The number of hydrogen-bond acceptors (Lipinski definition) is 2. The Hall–Kier alpha value is -7.00. The molecule has 56 heavy (non-hydrogen) atoms. The summed E-state index contributed by atoms with van der Waals surface area (Å²) in [6.45, 7) is 0. The summed E-state index contributed by atoms with van der Waals surface area (Å²) in [4.78, 5) is 2.53. The summed E-state index contributed by atoms with van der Waals surface area (Å²) in [5.74, 6) is 0. The molecule has 10 aromatic carbocycles. The lowest BCUT2D eigenvalue weighted by atomic mass is 9.88. The molecular formula is C54H35NS. The Bertz CT molecular complexity index is 3250. The summed E-state index contributed by atoms with van der Waals surface area (Å²) in [6, 6.07) is 78.0. The number of rotatable bonds is 6. The SMILES string of the molecule is c1ccc(-c2ccc(N(c3ccc4sc5ccccc5c4c3)c3c(-c4ccc5ccccc5c4)c4ccccc4c4ccccc34)cc2-c2ccccc2)cc1. The van der Waals surface area contributed by atoms with Crippen molar-refractivity contribution in [2.75, 3.05) is 4.90 Å². The topological polar surface area (TPSA) is 3.24 Å². The fourth-order valence-corrected chi connectivity index (χ4v) is 9.74. The molecule has 0 aliphatic rings. The molecule has 0 aliphatic carbocycles. The molecule has 0 unspecified atom stereocenters. The monoisotopic (exact) mass is 729 g/mol. The largest absolute Gasteiger partial charge is 0.309 e. The van der Waals surface area contributed by atoms with Crippen LogP contribution in [0.3, 0.4) is 0 Å². The molecule has 0 bridgehead atoms. The Morgan fingerprint density at radius 1 is 0.304 bits per heavy atom. The van der Waals surface area contributed by atoms with E-state index in [2.05, 4.69) is 217 Å². The van der Waals surface area contributed by atoms with Gasteiger partial charge in [0.2, 0.25) is 0 Å². The van der Waals surface area contributed by atoms with E-state index in [0.29, 0.717) is 0 Å². The zero-order valence-corrected chi connectivity index (χ0v) is 31.4. The summed E-state index contributed by atoms with van der Waals surface area (Å²) >= 11 is 1.86. The fourth-order valence-electron chi connectivity index (χ4n) is 8.65. The molecule has 1 heterocycles. The minimum Gasteiger partial charge on any atom is -0.309 e. The molecule has 0 saturated carbocycles. The Balaban J connectivity index is 1.29. The number of benzene rings is 10. The molecule has 0 saturated heterocycles. The second-order valence-electron chi connectivity index (χ2n) is 14.5. The molecule has 11 aromatic rings. The van der Waals surface area contributed by atoms with Gasteiger partial charge in [0, 0.05) is 42.5 Å². The van der Waals surface area contributed by atoms with Gasteiger partial charge in [-0.05, 0) is 97.2 Å². The second-order valence-corrected chi connectivity index (χ2v) is 15.5. The lowest BCUT2D eigenvalue weighted by Gasteiger charge is -2.31. The maximum Gasteiger partial charge on any atom is 0.0624 e. The molecule has 0 fully saturated rings. The van der Waals surface area contributed by atoms with Crippen LogP contribution in [0.5, 0.6) is 0 Å². The summed E-state index contributed by atoms with van der Waals surface area (Å²) < 4.78 is 2.59. The number of anilines is 3.